The number of amides is 1. The number of likely N-dealkylation sites (tertiary alicyclic amines) is 1. The molecule has 1 amide bonds. The summed E-state index contributed by atoms with van der Waals surface area (Å²) >= 11 is 0. The van der Waals surface area contributed by atoms with Crippen molar-refractivity contribution in [3.63, 3.8) is 0 Å². The van der Waals surface area contributed by atoms with Gasteiger partial charge in [-0.1, -0.05) is 35.5 Å². The van der Waals surface area contributed by atoms with Crippen LogP contribution in [0.1, 0.15) is 35.9 Å². The normalized spacial score (nSPS) is 25.6. The smallest absolute Gasteiger partial charge is 0.240 e. The van der Waals surface area contributed by atoms with E-state index in [1.807, 2.05) is 30.7 Å². The third-order valence-electron chi connectivity index (χ3n) is 6.75. The molecule has 0 bridgehead atoms. The third-order valence-corrected chi connectivity index (χ3v) is 6.75. The topological polar surface area (TPSA) is 89.1 Å². The van der Waals surface area contributed by atoms with E-state index in [4.69, 9.17) is 4.52 Å². The minimum absolute atomic E-state index is 0.0177. The number of aromatic nitrogens is 4. The molecule has 5 rings (SSSR count). The summed E-state index contributed by atoms with van der Waals surface area (Å²) < 4.78 is 7.56. The SMILES string of the molecule is Cc1noc(C23CC(NC(=O)Cn4ccnc4C)CC2CN(Cc2ccccc2)C3)n1. The van der Waals surface area contributed by atoms with Crippen LogP contribution in [0.5, 0.6) is 0 Å². The molecule has 3 aromatic rings. The molecule has 1 N–H and O–H groups in total. The Hall–Kier alpha value is -3.00. The highest BCUT2D eigenvalue weighted by molar-refractivity contribution is 5.76. The molecule has 162 valence electrons. The predicted octanol–water partition coefficient (Wildman–Crippen LogP) is 2.23. The summed E-state index contributed by atoms with van der Waals surface area (Å²) in [5.74, 6) is 2.61. The highest BCUT2D eigenvalue weighted by Crippen LogP contribution is 2.50. The number of benzene rings is 1. The van der Waals surface area contributed by atoms with Gasteiger partial charge in [-0.15, -0.1) is 0 Å². The molecule has 1 saturated carbocycles. The Kier molecular flexibility index (Phi) is 5.09. The molecule has 3 heterocycles. The average molecular weight is 421 g/mol. The zero-order chi connectivity index (χ0) is 21.4. The van der Waals surface area contributed by atoms with Gasteiger partial charge in [-0.05, 0) is 38.2 Å². The second-order valence-electron chi connectivity index (χ2n) is 8.96. The van der Waals surface area contributed by atoms with Crippen LogP contribution < -0.4 is 5.32 Å². The first-order valence-corrected chi connectivity index (χ1v) is 10.9. The summed E-state index contributed by atoms with van der Waals surface area (Å²) in [6.45, 7) is 6.78. The predicted molar refractivity (Wildman–Crippen MR) is 114 cm³/mol. The number of rotatable bonds is 6. The summed E-state index contributed by atoms with van der Waals surface area (Å²) in [4.78, 5) is 24.0. The zero-order valence-corrected chi connectivity index (χ0v) is 18.0. The fourth-order valence-corrected chi connectivity index (χ4v) is 5.38. The first kappa shape index (κ1) is 19.9. The summed E-state index contributed by atoms with van der Waals surface area (Å²) in [7, 11) is 0. The summed E-state index contributed by atoms with van der Waals surface area (Å²) in [5.41, 5.74) is 1.10. The number of hydrogen-bond acceptors (Lipinski definition) is 6. The van der Waals surface area contributed by atoms with Gasteiger partial charge in [-0.25, -0.2) is 4.98 Å². The van der Waals surface area contributed by atoms with Gasteiger partial charge in [0, 0.05) is 38.1 Å². The number of carbonyl (C=O) groups is 1. The van der Waals surface area contributed by atoms with E-state index in [1.165, 1.54) is 5.56 Å². The van der Waals surface area contributed by atoms with Crippen molar-refractivity contribution in [2.45, 2.75) is 51.2 Å². The Labute approximate surface area is 181 Å². The third kappa shape index (κ3) is 3.87. The number of fused-ring (bicyclic) bond motifs is 1. The largest absolute Gasteiger partial charge is 0.352 e. The lowest BCUT2D eigenvalue weighted by Gasteiger charge is -2.25. The highest BCUT2D eigenvalue weighted by Gasteiger charge is 2.57. The van der Waals surface area contributed by atoms with Gasteiger partial charge in [0.1, 0.15) is 12.4 Å². The van der Waals surface area contributed by atoms with E-state index in [0.717, 1.165) is 38.3 Å². The molecule has 1 aliphatic heterocycles. The Balaban J connectivity index is 1.31. The fourth-order valence-electron chi connectivity index (χ4n) is 5.38. The second kappa shape index (κ2) is 7.92. The number of imidazole rings is 1. The highest BCUT2D eigenvalue weighted by atomic mass is 16.5. The number of aryl methyl sites for hydroxylation is 2. The van der Waals surface area contributed by atoms with E-state index in [9.17, 15) is 4.79 Å². The van der Waals surface area contributed by atoms with Crippen LogP contribution in [-0.4, -0.2) is 49.6 Å². The van der Waals surface area contributed by atoms with Crippen LogP contribution in [-0.2, 0) is 23.3 Å². The molecule has 31 heavy (non-hydrogen) atoms. The van der Waals surface area contributed by atoms with Crippen molar-refractivity contribution >= 4 is 5.91 Å². The van der Waals surface area contributed by atoms with Crippen LogP contribution in [0.25, 0.3) is 0 Å². The maximum absolute atomic E-state index is 12.7. The van der Waals surface area contributed by atoms with Crippen molar-refractivity contribution in [2.75, 3.05) is 13.1 Å². The van der Waals surface area contributed by atoms with Crippen molar-refractivity contribution in [1.29, 1.82) is 0 Å². The molecule has 1 aromatic carbocycles. The Morgan fingerprint density at radius 2 is 2.13 bits per heavy atom. The van der Waals surface area contributed by atoms with Crippen molar-refractivity contribution in [1.82, 2.24) is 29.9 Å². The Morgan fingerprint density at radius 1 is 1.29 bits per heavy atom. The van der Waals surface area contributed by atoms with E-state index in [-0.39, 0.29) is 17.4 Å². The van der Waals surface area contributed by atoms with Gasteiger partial charge < -0.3 is 14.4 Å². The Bertz CT molecular complexity index is 1060. The molecular formula is C23H28N6O2. The molecule has 0 radical (unpaired) electrons. The molecule has 1 saturated heterocycles. The van der Waals surface area contributed by atoms with Gasteiger partial charge in [0.15, 0.2) is 5.82 Å². The van der Waals surface area contributed by atoms with Gasteiger partial charge in [0.2, 0.25) is 11.8 Å². The minimum Gasteiger partial charge on any atom is -0.352 e. The number of nitrogens with one attached hydrogen (secondary N) is 1. The maximum Gasteiger partial charge on any atom is 0.240 e. The van der Waals surface area contributed by atoms with Crippen molar-refractivity contribution in [3.05, 3.63) is 65.8 Å². The molecule has 3 atom stereocenters. The molecule has 8 heteroatoms. The zero-order valence-electron chi connectivity index (χ0n) is 18.0. The monoisotopic (exact) mass is 420 g/mol. The molecule has 1 aliphatic carbocycles. The van der Waals surface area contributed by atoms with Crippen molar-refractivity contribution in [2.24, 2.45) is 5.92 Å². The minimum atomic E-state index is -0.209. The van der Waals surface area contributed by atoms with E-state index in [0.29, 0.717) is 24.2 Å². The van der Waals surface area contributed by atoms with E-state index >= 15 is 0 Å². The number of carbonyl (C=O) groups excluding carboxylic acids is 1. The van der Waals surface area contributed by atoms with Gasteiger partial charge in [-0.3, -0.25) is 9.69 Å². The van der Waals surface area contributed by atoms with Crippen LogP contribution in [0.2, 0.25) is 0 Å². The molecule has 0 spiro atoms. The van der Waals surface area contributed by atoms with Crippen LogP contribution in [0.3, 0.4) is 0 Å². The summed E-state index contributed by atoms with van der Waals surface area (Å²) in [6, 6.07) is 10.6. The van der Waals surface area contributed by atoms with Crippen LogP contribution in [0.15, 0.2) is 47.2 Å². The Morgan fingerprint density at radius 3 is 2.84 bits per heavy atom. The summed E-state index contributed by atoms with van der Waals surface area (Å²) in [6.07, 6.45) is 5.29. The average Bonchev–Trinajstić information content (AvgIpc) is 3.48. The lowest BCUT2D eigenvalue weighted by molar-refractivity contribution is -0.122. The standard InChI is InChI=1S/C23H28N6O2/c1-16-25-22(31-27-16)23-11-20(26-21(30)14-29-9-8-24-17(29)2)10-19(23)13-28(15-23)12-18-6-4-3-5-7-18/h3-9,19-20H,10-15H2,1-2H3,(H,26,30). The van der Waals surface area contributed by atoms with Gasteiger partial charge in [0.25, 0.3) is 0 Å². The van der Waals surface area contributed by atoms with Gasteiger partial charge >= 0.3 is 0 Å². The van der Waals surface area contributed by atoms with Crippen LogP contribution in [0, 0.1) is 19.8 Å². The van der Waals surface area contributed by atoms with E-state index in [2.05, 4.69) is 49.6 Å². The van der Waals surface area contributed by atoms with Gasteiger partial charge in [0.05, 0.1) is 5.41 Å². The molecular weight excluding hydrogens is 392 g/mol. The molecule has 2 aliphatic rings. The fraction of sp³-hybridized carbons (Fsp3) is 0.478. The van der Waals surface area contributed by atoms with Crippen molar-refractivity contribution in [3.8, 4) is 0 Å². The number of nitrogens with zero attached hydrogens (tertiary/aromatic N) is 5. The van der Waals surface area contributed by atoms with Crippen LogP contribution >= 0.6 is 0 Å². The molecule has 3 unspecified atom stereocenters. The van der Waals surface area contributed by atoms with E-state index < -0.39 is 0 Å². The van der Waals surface area contributed by atoms with Gasteiger partial charge in [-0.2, -0.15) is 4.98 Å². The van der Waals surface area contributed by atoms with Crippen LogP contribution in [0.4, 0.5) is 0 Å². The lowest BCUT2D eigenvalue weighted by atomic mass is 9.80. The van der Waals surface area contributed by atoms with E-state index in [1.54, 1.807) is 6.20 Å². The second-order valence-corrected chi connectivity index (χ2v) is 8.96. The molecule has 2 fully saturated rings. The van der Waals surface area contributed by atoms with Crippen molar-refractivity contribution < 1.29 is 9.32 Å². The quantitative estimate of drug-likeness (QED) is 0.658. The first-order valence-electron chi connectivity index (χ1n) is 10.9. The first-order chi connectivity index (χ1) is 15.0. The maximum atomic E-state index is 12.7. The molecule has 8 nitrogen and oxygen atoms in total. The number of hydrogen-bond donors (Lipinski definition) is 1. The summed E-state index contributed by atoms with van der Waals surface area (Å²) in [5, 5.41) is 7.31. The molecule has 2 aromatic heterocycles. The lowest BCUT2D eigenvalue weighted by Crippen LogP contribution is -2.39.